The van der Waals surface area contributed by atoms with Gasteiger partial charge in [0, 0.05) is 24.9 Å². The molecule has 2 N–H and O–H groups in total. The number of aromatic nitrogens is 1. The fraction of sp³-hybridized carbons (Fsp3) is 0.750. The Morgan fingerprint density at radius 1 is 1.19 bits per heavy atom. The number of carbonyl (C=O) groups excluding carboxylic acids is 1. The number of nitrogens with zero attached hydrogens (tertiary/aromatic N) is 2. The van der Waals surface area contributed by atoms with Crippen LogP contribution in [-0.4, -0.2) is 36.6 Å². The summed E-state index contributed by atoms with van der Waals surface area (Å²) in [6, 6.07) is 0. The zero-order valence-corrected chi connectivity index (χ0v) is 18.2. The van der Waals surface area contributed by atoms with Crippen molar-refractivity contribution in [3.63, 3.8) is 0 Å². The second kappa shape index (κ2) is 14.4. The lowest BCUT2D eigenvalue weighted by Crippen LogP contribution is -2.37. The summed E-state index contributed by atoms with van der Waals surface area (Å²) in [4.78, 5) is 20.5. The minimum Gasteiger partial charge on any atom is -0.466 e. The highest BCUT2D eigenvalue weighted by atomic mass is 32.1. The van der Waals surface area contributed by atoms with Crippen LogP contribution < -0.4 is 10.6 Å². The zero-order chi connectivity index (χ0) is 19.9. The van der Waals surface area contributed by atoms with Crippen molar-refractivity contribution in [2.24, 2.45) is 4.99 Å². The van der Waals surface area contributed by atoms with E-state index in [9.17, 15) is 4.79 Å². The minimum absolute atomic E-state index is 0.0774. The Morgan fingerprint density at radius 3 is 2.59 bits per heavy atom. The van der Waals surface area contributed by atoms with Crippen molar-refractivity contribution in [1.29, 1.82) is 0 Å². The third kappa shape index (κ3) is 11.0. The maximum atomic E-state index is 11.3. The lowest BCUT2D eigenvalue weighted by atomic mass is 10.1. The Bertz CT molecular complexity index is 558. The molecule has 0 radical (unpaired) electrons. The summed E-state index contributed by atoms with van der Waals surface area (Å²) < 4.78 is 4.93. The van der Waals surface area contributed by atoms with Gasteiger partial charge in [-0.2, -0.15) is 0 Å². The summed E-state index contributed by atoms with van der Waals surface area (Å²) in [6.07, 6.45) is 5.93. The van der Waals surface area contributed by atoms with Crippen molar-refractivity contribution in [2.45, 2.75) is 78.7 Å². The largest absolute Gasteiger partial charge is 0.466 e. The molecule has 1 aromatic rings. The van der Waals surface area contributed by atoms with Gasteiger partial charge in [-0.05, 0) is 32.6 Å². The highest BCUT2D eigenvalue weighted by Crippen LogP contribution is 2.18. The number of aliphatic imine (C=N–C) groups is 1. The van der Waals surface area contributed by atoms with E-state index in [1.165, 1.54) is 0 Å². The topological polar surface area (TPSA) is 75.6 Å². The van der Waals surface area contributed by atoms with E-state index < -0.39 is 0 Å². The van der Waals surface area contributed by atoms with Crippen LogP contribution in [0.4, 0.5) is 0 Å². The molecular weight excluding hydrogens is 360 g/mol. The van der Waals surface area contributed by atoms with Gasteiger partial charge in [0.2, 0.25) is 0 Å². The first-order valence-electron chi connectivity index (χ1n) is 10.2. The molecule has 0 amide bonds. The van der Waals surface area contributed by atoms with Crippen molar-refractivity contribution >= 4 is 23.3 Å². The number of carbonyl (C=O) groups is 1. The summed E-state index contributed by atoms with van der Waals surface area (Å²) >= 11 is 1.68. The predicted molar refractivity (Wildman–Crippen MR) is 113 cm³/mol. The monoisotopic (exact) mass is 396 g/mol. The predicted octanol–water partition coefficient (Wildman–Crippen LogP) is 4.23. The number of thiazole rings is 1. The van der Waals surface area contributed by atoms with E-state index in [1.807, 2.05) is 6.92 Å². The van der Waals surface area contributed by atoms with Crippen LogP contribution in [0.3, 0.4) is 0 Å². The molecule has 0 fully saturated rings. The Labute approximate surface area is 168 Å². The maximum Gasteiger partial charge on any atom is 0.305 e. The zero-order valence-electron chi connectivity index (χ0n) is 17.3. The quantitative estimate of drug-likeness (QED) is 0.226. The Balaban J connectivity index is 2.19. The molecule has 0 aromatic carbocycles. The van der Waals surface area contributed by atoms with Gasteiger partial charge in [-0.15, -0.1) is 11.3 Å². The molecular formula is C20H36N4O2S. The third-order valence-corrected chi connectivity index (χ3v) is 4.88. The average Bonchev–Trinajstić information content (AvgIpc) is 3.11. The van der Waals surface area contributed by atoms with Crippen molar-refractivity contribution in [2.75, 3.05) is 19.7 Å². The molecule has 1 heterocycles. The Hall–Kier alpha value is -1.63. The van der Waals surface area contributed by atoms with E-state index in [0.717, 1.165) is 61.9 Å². The highest BCUT2D eigenvalue weighted by Gasteiger charge is 2.06. The molecule has 0 saturated heterocycles. The fourth-order valence-electron chi connectivity index (χ4n) is 2.52. The van der Waals surface area contributed by atoms with Crippen LogP contribution in [0, 0.1) is 0 Å². The summed E-state index contributed by atoms with van der Waals surface area (Å²) in [7, 11) is 0. The number of unbranched alkanes of at least 4 members (excludes halogenated alkanes) is 4. The molecule has 0 unspecified atom stereocenters. The molecule has 0 bridgehead atoms. The molecule has 0 atom stereocenters. The van der Waals surface area contributed by atoms with Gasteiger partial charge in [0.25, 0.3) is 0 Å². The molecule has 0 saturated carbocycles. The molecule has 27 heavy (non-hydrogen) atoms. The molecule has 0 aliphatic rings. The van der Waals surface area contributed by atoms with Crippen molar-refractivity contribution in [3.8, 4) is 0 Å². The van der Waals surface area contributed by atoms with Gasteiger partial charge in [0.05, 0.1) is 18.8 Å². The molecule has 0 aliphatic heterocycles. The van der Waals surface area contributed by atoms with Crippen LogP contribution in [0.25, 0.3) is 0 Å². The van der Waals surface area contributed by atoms with Crippen LogP contribution in [0.2, 0.25) is 0 Å². The second-order valence-electron chi connectivity index (χ2n) is 6.77. The van der Waals surface area contributed by atoms with E-state index >= 15 is 0 Å². The van der Waals surface area contributed by atoms with Gasteiger partial charge >= 0.3 is 5.97 Å². The molecule has 0 aliphatic carbocycles. The van der Waals surface area contributed by atoms with Crippen LogP contribution in [0.1, 0.15) is 82.8 Å². The van der Waals surface area contributed by atoms with E-state index in [1.54, 1.807) is 11.3 Å². The van der Waals surface area contributed by atoms with Crippen LogP contribution in [0.5, 0.6) is 0 Å². The standard InChI is InChI=1S/C20H36N4O2S/c1-5-21-20(23-14-18-24-17(15-27-18)16(3)4)22-13-11-9-7-8-10-12-19(25)26-6-2/h15-16H,5-14H2,1-4H3,(H2,21,22,23). The number of rotatable bonds is 13. The number of nitrogens with one attached hydrogen (secondary N) is 2. The Kier molecular flexibility index (Phi) is 12.5. The number of ether oxygens (including phenoxy) is 1. The van der Waals surface area contributed by atoms with Gasteiger partial charge in [-0.1, -0.05) is 33.1 Å². The van der Waals surface area contributed by atoms with Gasteiger partial charge in [-0.3, -0.25) is 4.79 Å². The summed E-state index contributed by atoms with van der Waals surface area (Å²) in [5.41, 5.74) is 1.14. The number of hydrogen-bond donors (Lipinski definition) is 2. The summed E-state index contributed by atoms with van der Waals surface area (Å²) in [6.45, 7) is 11.1. The van der Waals surface area contributed by atoms with Crippen LogP contribution >= 0.6 is 11.3 Å². The first-order chi connectivity index (χ1) is 13.1. The lowest BCUT2D eigenvalue weighted by Gasteiger charge is -2.10. The number of esters is 1. The number of guanidine groups is 1. The first kappa shape index (κ1) is 23.4. The molecule has 0 spiro atoms. The average molecular weight is 397 g/mol. The SMILES string of the molecule is CCNC(=NCc1nc(C(C)C)cs1)NCCCCCCCC(=O)OCC. The first-order valence-corrected chi connectivity index (χ1v) is 11.1. The van der Waals surface area contributed by atoms with Crippen molar-refractivity contribution in [1.82, 2.24) is 15.6 Å². The van der Waals surface area contributed by atoms with E-state index in [0.29, 0.717) is 25.5 Å². The Morgan fingerprint density at radius 2 is 1.93 bits per heavy atom. The van der Waals surface area contributed by atoms with Gasteiger partial charge in [-0.25, -0.2) is 9.98 Å². The summed E-state index contributed by atoms with van der Waals surface area (Å²) in [5.74, 6) is 1.23. The smallest absolute Gasteiger partial charge is 0.305 e. The normalized spacial score (nSPS) is 11.7. The molecule has 1 rings (SSSR count). The maximum absolute atomic E-state index is 11.3. The second-order valence-corrected chi connectivity index (χ2v) is 7.71. The van der Waals surface area contributed by atoms with Gasteiger partial charge < -0.3 is 15.4 Å². The highest BCUT2D eigenvalue weighted by molar-refractivity contribution is 7.09. The van der Waals surface area contributed by atoms with E-state index in [4.69, 9.17) is 4.74 Å². The minimum atomic E-state index is -0.0774. The third-order valence-electron chi connectivity index (χ3n) is 4.03. The van der Waals surface area contributed by atoms with Gasteiger partial charge in [0.15, 0.2) is 5.96 Å². The van der Waals surface area contributed by atoms with Crippen molar-refractivity contribution in [3.05, 3.63) is 16.1 Å². The lowest BCUT2D eigenvalue weighted by molar-refractivity contribution is -0.143. The van der Waals surface area contributed by atoms with E-state index in [2.05, 4.69) is 46.8 Å². The van der Waals surface area contributed by atoms with Gasteiger partial charge in [0.1, 0.15) is 5.01 Å². The molecule has 7 heteroatoms. The van der Waals surface area contributed by atoms with Crippen LogP contribution in [0.15, 0.2) is 10.4 Å². The van der Waals surface area contributed by atoms with Crippen LogP contribution in [-0.2, 0) is 16.1 Å². The molecule has 6 nitrogen and oxygen atoms in total. The molecule has 1 aromatic heterocycles. The van der Waals surface area contributed by atoms with Crippen molar-refractivity contribution < 1.29 is 9.53 Å². The summed E-state index contributed by atoms with van der Waals surface area (Å²) in [5, 5.41) is 9.85. The molecule has 154 valence electrons. The number of hydrogen-bond acceptors (Lipinski definition) is 5. The fourth-order valence-corrected chi connectivity index (χ4v) is 3.39. The van der Waals surface area contributed by atoms with E-state index in [-0.39, 0.29) is 5.97 Å².